The molecular formula is C27H21NO5S. The second-order valence-electron chi connectivity index (χ2n) is 7.95. The monoisotopic (exact) mass is 471 g/mol. The highest BCUT2D eigenvalue weighted by molar-refractivity contribution is 7.89. The van der Waals surface area contributed by atoms with E-state index in [2.05, 4.69) is 0 Å². The summed E-state index contributed by atoms with van der Waals surface area (Å²) in [5, 5.41) is 30.4. The Morgan fingerprint density at radius 1 is 0.735 bits per heavy atom. The van der Waals surface area contributed by atoms with Gasteiger partial charge in [0.05, 0.1) is 12.0 Å². The van der Waals surface area contributed by atoms with Crippen LogP contribution in [0.2, 0.25) is 0 Å². The van der Waals surface area contributed by atoms with E-state index in [9.17, 15) is 18.6 Å². The standard InChI is InChI=1S/C27H21NO5S/c1-33-25-13-11-17(34(28,31)32)14-22(25)21-15-23(27(30)20-9-5-4-8-19(20)21)26-18-7-3-2-6-16(18)10-12-24(26)29/h2-15,29-30H,1H3,(H2,28,31,32). The molecule has 0 bridgehead atoms. The van der Waals surface area contributed by atoms with E-state index in [0.29, 0.717) is 38.8 Å². The van der Waals surface area contributed by atoms with Crippen LogP contribution in [0.3, 0.4) is 0 Å². The van der Waals surface area contributed by atoms with E-state index < -0.39 is 10.0 Å². The number of hydrogen-bond acceptors (Lipinski definition) is 5. The number of primary sulfonamides is 1. The summed E-state index contributed by atoms with van der Waals surface area (Å²) in [6.07, 6.45) is 0. The number of aromatic hydroxyl groups is 2. The largest absolute Gasteiger partial charge is 0.507 e. The molecule has 170 valence electrons. The maximum Gasteiger partial charge on any atom is 0.238 e. The molecule has 5 rings (SSSR count). The van der Waals surface area contributed by atoms with Gasteiger partial charge in [0.2, 0.25) is 10.0 Å². The van der Waals surface area contributed by atoms with Crippen LogP contribution in [0.5, 0.6) is 17.2 Å². The van der Waals surface area contributed by atoms with Gasteiger partial charge in [-0.15, -0.1) is 0 Å². The molecule has 5 aromatic carbocycles. The van der Waals surface area contributed by atoms with E-state index in [-0.39, 0.29) is 16.4 Å². The van der Waals surface area contributed by atoms with Crippen LogP contribution in [-0.2, 0) is 10.0 Å². The lowest BCUT2D eigenvalue weighted by molar-refractivity contribution is 0.416. The lowest BCUT2D eigenvalue weighted by Crippen LogP contribution is -2.12. The molecule has 0 atom stereocenters. The fourth-order valence-electron chi connectivity index (χ4n) is 4.39. The number of hydrogen-bond donors (Lipinski definition) is 3. The van der Waals surface area contributed by atoms with Crippen molar-refractivity contribution in [1.29, 1.82) is 0 Å². The predicted molar refractivity (Wildman–Crippen MR) is 134 cm³/mol. The minimum atomic E-state index is -3.96. The van der Waals surface area contributed by atoms with Gasteiger partial charge in [-0.2, -0.15) is 0 Å². The average molecular weight is 472 g/mol. The first-order chi connectivity index (χ1) is 16.3. The molecule has 0 aliphatic rings. The average Bonchev–Trinajstić information content (AvgIpc) is 2.84. The van der Waals surface area contributed by atoms with Crippen LogP contribution in [-0.4, -0.2) is 25.7 Å². The minimum absolute atomic E-state index is 0.00701. The number of nitrogens with two attached hydrogens (primary N) is 1. The highest BCUT2D eigenvalue weighted by Crippen LogP contribution is 2.48. The lowest BCUT2D eigenvalue weighted by Gasteiger charge is -2.18. The SMILES string of the molecule is COc1ccc(S(N)(=O)=O)cc1-c1cc(-c2c(O)ccc3ccccc23)c(O)c2ccccc12. The molecule has 0 fully saturated rings. The number of rotatable bonds is 4. The molecule has 0 saturated heterocycles. The highest BCUT2D eigenvalue weighted by atomic mass is 32.2. The number of phenols is 2. The molecule has 34 heavy (non-hydrogen) atoms. The van der Waals surface area contributed by atoms with Gasteiger partial charge in [-0.3, -0.25) is 0 Å². The van der Waals surface area contributed by atoms with Crippen molar-refractivity contribution in [1.82, 2.24) is 0 Å². The van der Waals surface area contributed by atoms with E-state index in [1.807, 2.05) is 42.5 Å². The van der Waals surface area contributed by atoms with Crippen LogP contribution in [0.4, 0.5) is 0 Å². The Morgan fingerprint density at radius 2 is 1.41 bits per heavy atom. The zero-order valence-electron chi connectivity index (χ0n) is 18.2. The maximum absolute atomic E-state index is 12.1. The number of benzene rings is 5. The summed E-state index contributed by atoms with van der Waals surface area (Å²) >= 11 is 0. The van der Waals surface area contributed by atoms with Gasteiger partial charge >= 0.3 is 0 Å². The molecule has 4 N–H and O–H groups in total. The quantitative estimate of drug-likeness (QED) is 0.325. The van der Waals surface area contributed by atoms with Crippen molar-refractivity contribution in [2.24, 2.45) is 5.14 Å². The minimum Gasteiger partial charge on any atom is -0.507 e. The first kappa shape index (κ1) is 21.8. The third-order valence-electron chi connectivity index (χ3n) is 5.98. The third kappa shape index (κ3) is 3.51. The van der Waals surface area contributed by atoms with Gasteiger partial charge in [0, 0.05) is 22.1 Å². The zero-order valence-corrected chi connectivity index (χ0v) is 19.0. The van der Waals surface area contributed by atoms with Crippen molar-refractivity contribution in [3.8, 4) is 39.5 Å². The number of phenolic OH excluding ortho intramolecular Hbond substituents is 2. The van der Waals surface area contributed by atoms with Crippen molar-refractivity contribution in [3.05, 3.63) is 84.9 Å². The Hall–Kier alpha value is -4.07. The first-order valence-electron chi connectivity index (χ1n) is 10.5. The Labute approximate surface area is 196 Å². The lowest BCUT2D eigenvalue weighted by atomic mass is 9.89. The number of sulfonamides is 1. The summed E-state index contributed by atoms with van der Waals surface area (Å²) in [7, 11) is -2.47. The third-order valence-corrected chi connectivity index (χ3v) is 6.89. The van der Waals surface area contributed by atoms with E-state index in [1.54, 1.807) is 30.3 Å². The molecule has 0 saturated carbocycles. The van der Waals surface area contributed by atoms with Gasteiger partial charge in [0.15, 0.2) is 0 Å². The fraction of sp³-hybridized carbons (Fsp3) is 0.0370. The summed E-state index contributed by atoms with van der Waals surface area (Å²) in [5.74, 6) is 0.462. The van der Waals surface area contributed by atoms with E-state index >= 15 is 0 Å². The molecule has 0 amide bonds. The maximum atomic E-state index is 12.1. The van der Waals surface area contributed by atoms with Crippen LogP contribution < -0.4 is 9.88 Å². The fourth-order valence-corrected chi connectivity index (χ4v) is 4.93. The molecule has 0 aliphatic carbocycles. The number of methoxy groups -OCH3 is 1. The van der Waals surface area contributed by atoms with Gasteiger partial charge in [0.1, 0.15) is 17.2 Å². The van der Waals surface area contributed by atoms with E-state index in [0.717, 1.165) is 10.8 Å². The summed E-state index contributed by atoms with van der Waals surface area (Å²) in [6.45, 7) is 0. The van der Waals surface area contributed by atoms with Crippen LogP contribution in [0, 0.1) is 0 Å². The predicted octanol–water partition coefficient (Wildman–Crippen LogP) is 5.39. The summed E-state index contributed by atoms with van der Waals surface area (Å²) in [4.78, 5) is -0.0602. The summed E-state index contributed by atoms with van der Waals surface area (Å²) in [6, 6.07) is 24.3. The molecule has 0 heterocycles. The van der Waals surface area contributed by atoms with Crippen LogP contribution >= 0.6 is 0 Å². The molecule has 0 aromatic heterocycles. The molecule has 5 aromatic rings. The zero-order chi connectivity index (χ0) is 24.0. The molecule has 0 unspecified atom stereocenters. The Balaban J connectivity index is 1.93. The van der Waals surface area contributed by atoms with Crippen LogP contribution in [0.15, 0.2) is 89.8 Å². The van der Waals surface area contributed by atoms with E-state index in [4.69, 9.17) is 9.88 Å². The van der Waals surface area contributed by atoms with Crippen LogP contribution in [0.25, 0.3) is 43.8 Å². The van der Waals surface area contributed by atoms with E-state index in [1.165, 1.54) is 19.2 Å². The van der Waals surface area contributed by atoms with Gasteiger partial charge in [-0.05, 0) is 52.1 Å². The van der Waals surface area contributed by atoms with Crippen molar-refractivity contribution in [2.75, 3.05) is 7.11 Å². The second-order valence-corrected chi connectivity index (χ2v) is 9.52. The number of fused-ring (bicyclic) bond motifs is 2. The summed E-state index contributed by atoms with van der Waals surface area (Å²) < 4.78 is 29.7. The van der Waals surface area contributed by atoms with Gasteiger partial charge in [0.25, 0.3) is 0 Å². The van der Waals surface area contributed by atoms with Gasteiger partial charge < -0.3 is 14.9 Å². The summed E-state index contributed by atoms with van der Waals surface area (Å²) in [5.41, 5.74) is 2.00. The smallest absolute Gasteiger partial charge is 0.238 e. The van der Waals surface area contributed by atoms with Crippen molar-refractivity contribution in [2.45, 2.75) is 4.90 Å². The van der Waals surface area contributed by atoms with Crippen LogP contribution in [0.1, 0.15) is 0 Å². The molecule has 7 heteroatoms. The first-order valence-corrected chi connectivity index (χ1v) is 12.0. The molecule has 0 radical (unpaired) electrons. The topological polar surface area (TPSA) is 110 Å². The van der Waals surface area contributed by atoms with Gasteiger partial charge in [-0.25, -0.2) is 13.6 Å². The molecule has 0 spiro atoms. The van der Waals surface area contributed by atoms with Crippen molar-refractivity contribution >= 4 is 31.6 Å². The second kappa shape index (κ2) is 8.06. The Kier molecular flexibility index (Phi) is 5.16. The highest BCUT2D eigenvalue weighted by Gasteiger charge is 2.21. The van der Waals surface area contributed by atoms with Crippen molar-refractivity contribution in [3.63, 3.8) is 0 Å². The molecular weight excluding hydrogens is 450 g/mol. The molecule has 0 aliphatic heterocycles. The number of ether oxygens (including phenoxy) is 1. The molecule has 6 nitrogen and oxygen atoms in total. The Bertz CT molecular complexity index is 1690. The van der Waals surface area contributed by atoms with Crippen molar-refractivity contribution < 1.29 is 23.4 Å². The normalized spacial score (nSPS) is 11.7. The Morgan fingerprint density at radius 3 is 2.12 bits per heavy atom. The van der Waals surface area contributed by atoms with Gasteiger partial charge in [-0.1, -0.05) is 54.6 Å².